The van der Waals surface area contributed by atoms with E-state index >= 15 is 0 Å². The number of carboxylic acid groups (broad SMARTS) is 1. The van der Waals surface area contributed by atoms with Gasteiger partial charge in [-0.05, 0) is 43.9 Å². The van der Waals surface area contributed by atoms with Crippen molar-refractivity contribution in [2.24, 2.45) is 0 Å². The van der Waals surface area contributed by atoms with Gasteiger partial charge in [-0.25, -0.2) is 4.79 Å². The second-order valence-corrected chi connectivity index (χ2v) is 8.11. The zero-order valence-corrected chi connectivity index (χ0v) is 19.3. The topological polar surface area (TPSA) is 155 Å². The number of rotatable bonds is 12. The number of amides is 1. The van der Waals surface area contributed by atoms with Gasteiger partial charge in [0.25, 0.3) is 0 Å². The third-order valence-corrected chi connectivity index (χ3v) is 5.20. The minimum Gasteiger partial charge on any atom is -0.493 e. The maximum absolute atomic E-state index is 12.1. The fraction of sp³-hybridized carbons (Fsp3) is 0.500. The molecule has 1 aliphatic heterocycles. The molecule has 1 aromatic rings. The van der Waals surface area contributed by atoms with Crippen LogP contribution in [0.15, 0.2) is 42.5 Å². The molecule has 0 aromatic heterocycles. The number of allylic oxidation sites excluding steroid dienone is 3. The molecule has 1 aromatic carbocycles. The first-order valence-electron chi connectivity index (χ1n) is 11.0. The minimum atomic E-state index is -1.81. The van der Waals surface area contributed by atoms with E-state index < -0.39 is 36.7 Å². The summed E-state index contributed by atoms with van der Waals surface area (Å²) < 4.78 is 16.0. The van der Waals surface area contributed by atoms with Crippen LogP contribution in [0.3, 0.4) is 0 Å². The molecule has 0 aliphatic carbocycles. The lowest BCUT2D eigenvalue weighted by molar-refractivity contribution is -0.271. The molecular formula is C24H33NO9. The fourth-order valence-electron chi connectivity index (χ4n) is 3.32. The van der Waals surface area contributed by atoms with Crippen molar-refractivity contribution in [1.29, 1.82) is 0 Å². The Bertz CT molecular complexity index is 885. The van der Waals surface area contributed by atoms with E-state index in [4.69, 9.17) is 19.3 Å². The van der Waals surface area contributed by atoms with Crippen molar-refractivity contribution < 1.29 is 44.2 Å². The summed E-state index contributed by atoms with van der Waals surface area (Å²) in [7, 11) is 1.39. The number of aliphatic hydroxyl groups is 3. The summed E-state index contributed by atoms with van der Waals surface area (Å²) in [6.07, 6.45) is -1.63. The van der Waals surface area contributed by atoms with Crippen LogP contribution in [0, 0.1) is 0 Å². The zero-order chi connectivity index (χ0) is 25.3. The molecule has 0 radical (unpaired) electrons. The van der Waals surface area contributed by atoms with Crippen LogP contribution in [0.5, 0.6) is 11.5 Å². The second-order valence-electron chi connectivity index (χ2n) is 8.11. The number of hydrogen-bond donors (Lipinski definition) is 5. The molecule has 2 rings (SSSR count). The van der Waals surface area contributed by atoms with Gasteiger partial charge in [0.05, 0.1) is 7.11 Å². The van der Waals surface area contributed by atoms with Crippen LogP contribution < -0.4 is 14.8 Å². The van der Waals surface area contributed by atoms with Crippen molar-refractivity contribution in [3.63, 3.8) is 0 Å². The van der Waals surface area contributed by atoms with Gasteiger partial charge >= 0.3 is 5.97 Å². The van der Waals surface area contributed by atoms with E-state index in [1.165, 1.54) is 13.2 Å². The number of carboxylic acids is 1. The van der Waals surface area contributed by atoms with Crippen LogP contribution in [0.1, 0.15) is 38.2 Å². The maximum Gasteiger partial charge on any atom is 0.335 e. The predicted molar refractivity (Wildman–Crippen MR) is 122 cm³/mol. The molecule has 1 heterocycles. The van der Waals surface area contributed by atoms with E-state index in [2.05, 4.69) is 11.9 Å². The van der Waals surface area contributed by atoms with Gasteiger partial charge in [0.15, 0.2) is 17.6 Å². The van der Waals surface area contributed by atoms with Crippen LogP contribution in [-0.2, 0) is 20.9 Å². The number of aliphatic carboxylic acids is 1. The molecule has 0 bridgehead atoms. The Morgan fingerprint density at radius 2 is 1.88 bits per heavy atom. The molecular weight excluding hydrogens is 446 g/mol. The molecule has 5 N–H and O–H groups in total. The Labute approximate surface area is 198 Å². The minimum absolute atomic E-state index is 0.0749. The number of ether oxygens (including phenoxy) is 3. The molecule has 5 atom stereocenters. The zero-order valence-electron chi connectivity index (χ0n) is 19.3. The molecule has 1 amide bonds. The van der Waals surface area contributed by atoms with E-state index in [1.54, 1.807) is 12.1 Å². The van der Waals surface area contributed by atoms with Crippen molar-refractivity contribution in [1.82, 2.24) is 5.32 Å². The number of nitrogens with one attached hydrogen (secondary N) is 1. The largest absolute Gasteiger partial charge is 0.493 e. The molecule has 1 saturated heterocycles. The highest BCUT2D eigenvalue weighted by molar-refractivity contribution is 5.75. The Balaban J connectivity index is 1.91. The van der Waals surface area contributed by atoms with E-state index in [0.29, 0.717) is 6.42 Å². The summed E-state index contributed by atoms with van der Waals surface area (Å²) in [5, 5.41) is 41.8. The smallest absolute Gasteiger partial charge is 0.335 e. The molecule has 188 valence electrons. The number of methoxy groups -OCH3 is 1. The number of unbranched alkanes of at least 4 members (excludes halogenated alkanes) is 2. The quantitative estimate of drug-likeness (QED) is 0.220. The first-order valence-corrected chi connectivity index (χ1v) is 11.0. The summed E-state index contributed by atoms with van der Waals surface area (Å²) in [4.78, 5) is 23.3. The summed E-state index contributed by atoms with van der Waals surface area (Å²) in [6, 6.07) is 4.79. The monoisotopic (exact) mass is 479 g/mol. The van der Waals surface area contributed by atoms with E-state index in [-0.39, 0.29) is 24.0 Å². The number of carbonyl (C=O) groups excluding carboxylic acids is 1. The van der Waals surface area contributed by atoms with Crippen LogP contribution in [0.4, 0.5) is 0 Å². The highest BCUT2D eigenvalue weighted by atomic mass is 16.7. The van der Waals surface area contributed by atoms with Crippen molar-refractivity contribution in [3.05, 3.63) is 48.1 Å². The van der Waals surface area contributed by atoms with Crippen molar-refractivity contribution in [2.45, 2.75) is 69.9 Å². The molecule has 10 nitrogen and oxygen atoms in total. The van der Waals surface area contributed by atoms with Crippen LogP contribution in [0.2, 0.25) is 0 Å². The lowest BCUT2D eigenvalue weighted by Gasteiger charge is -2.38. The number of aliphatic hydroxyl groups excluding tert-OH is 3. The second kappa shape index (κ2) is 13.1. The van der Waals surface area contributed by atoms with E-state index in [0.717, 1.165) is 30.4 Å². The van der Waals surface area contributed by atoms with Crippen molar-refractivity contribution in [2.75, 3.05) is 7.11 Å². The number of carbonyl (C=O) groups is 2. The summed E-state index contributed by atoms with van der Waals surface area (Å²) in [5.41, 5.74) is 1.72. The molecule has 1 fully saturated rings. The Hall–Kier alpha value is -2.92. The highest BCUT2D eigenvalue weighted by Gasteiger charge is 2.48. The third-order valence-electron chi connectivity index (χ3n) is 5.20. The van der Waals surface area contributed by atoms with Crippen LogP contribution in [-0.4, -0.2) is 70.1 Å². The van der Waals surface area contributed by atoms with Crippen molar-refractivity contribution >= 4 is 11.9 Å². The number of benzene rings is 1. The average Bonchev–Trinajstić information content (AvgIpc) is 2.80. The summed E-state index contributed by atoms with van der Waals surface area (Å²) in [6.45, 7) is 5.98. The van der Waals surface area contributed by atoms with Gasteiger partial charge in [-0.2, -0.15) is 0 Å². The molecule has 0 spiro atoms. The first-order chi connectivity index (χ1) is 16.1. The Kier molecular flexibility index (Phi) is 10.5. The fourth-order valence-corrected chi connectivity index (χ4v) is 3.32. The average molecular weight is 480 g/mol. The molecule has 0 saturated carbocycles. The summed E-state index contributed by atoms with van der Waals surface area (Å²) in [5.74, 6) is -1.21. The van der Waals surface area contributed by atoms with Gasteiger partial charge in [-0.15, -0.1) is 0 Å². The maximum atomic E-state index is 12.1. The van der Waals surface area contributed by atoms with Gasteiger partial charge in [-0.3, -0.25) is 4.79 Å². The van der Waals surface area contributed by atoms with Crippen LogP contribution in [0.25, 0.3) is 0 Å². The summed E-state index contributed by atoms with van der Waals surface area (Å²) >= 11 is 0. The lowest BCUT2D eigenvalue weighted by Crippen LogP contribution is -2.61. The van der Waals surface area contributed by atoms with Crippen LogP contribution >= 0.6 is 0 Å². The van der Waals surface area contributed by atoms with Gasteiger partial charge in [0.2, 0.25) is 12.2 Å². The normalized spacial score (nSPS) is 24.6. The highest BCUT2D eigenvalue weighted by Crippen LogP contribution is 2.32. The van der Waals surface area contributed by atoms with E-state index in [9.17, 15) is 24.9 Å². The molecule has 34 heavy (non-hydrogen) atoms. The SMILES string of the molecule is C=C(C)/C=C/CCCCC(=O)NCc1ccc(OC2OC(C(=O)O)C(O)C(O)C2O)c(OC)c1. The Morgan fingerprint density at radius 3 is 2.53 bits per heavy atom. The Morgan fingerprint density at radius 1 is 1.15 bits per heavy atom. The molecule has 10 heteroatoms. The van der Waals surface area contributed by atoms with Gasteiger partial charge < -0.3 is 40.0 Å². The predicted octanol–water partition coefficient (Wildman–Crippen LogP) is 1.28. The van der Waals surface area contributed by atoms with Crippen molar-refractivity contribution in [3.8, 4) is 11.5 Å². The lowest BCUT2D eigenvalue weighted by atomic mass is 9.99. The molecule has 1 aliphatic rings. The van der Waals surface area contributed by atoms with Gasteiger partial charge in [0, 0.05) is 13.0 Å². The van der Waals surface area contributed by atoms with Gasteiger partial charge in [-0.1, -0.05) is 30.4 Å². The third kappa shape index (κ3) is 7.84. The molecule has 5 unspecified atom stereocenters. The first kappa shape index (κ1) is 27.3. The number of hydrogen-bond acceptors (Lipinski definition) is 8. The van der Waals surface area contributed by atoms with Gasteiger partial charge in [0.1, 0.15) is 18.3 Å². The van der Waals surface area contributed by atoms with E-state index in [1.807, 2.05) is 19.1 Å². The standard InChI is InChI=1S/C24H33NO9/c1-14(2)8-6-4-5-7-9-18(26)25-13-15-10-11-16(17(12-15)32-3)33-24-21(29)19(27)20(28)22(34-24)23(30)31/h6,8,10-12,19-22,24,27-29H,1,4-5,7,9,13H2,2-3H3,(H,25,26)(H,30,31)/b8-6+.